The van der Waals surface area contributed by atoms with Crippen molar-refractivity contribution in [3.8, 4) is 0 Å². The van der Waals surface area contributed by atoms with E-state index >= 15 is 0 Å². The number of unbranched alkanes of at least 4 members (excludes halogenated alkanes) is 5. The van der Waals surface area contributed by atoms with E-state index in [2.05, 4.69) is 6.92 Å². The Morgan fingerprint density at radius 3 is 2.00 bits per heavy atom. The van der Waals surface area contributed by atoms with Crippen LogP contribution < -0.4 is 0 Å². The van der Waals surface area contributed by atoms with Crippen molar-refractivity contribution in [2.24, 2.45) is 11.8 Å². The summed E-state index contributed by atoms with van der Waals surface area (Å²) in [6, 6.07) is 0. The number of hydrogen-bond acceptors (Lipinski definition) is 1. The van der Waals surface area contributed by atoms with E-state index in [0.29, 0.717) is 6.42 Å². The average molecular weight is 292 g/mol. The van der Waals surface area contributed by atoms with Crippen LogP contribution >= 0.6 is 0 Å². The second kappa shape index (κ2) is 13.2. The molecule has 0 radical (unpaired) electrons. The Morgan fingerprint density at radius 1 is 0.950 bits per heavy atom. The molecule has 2 unspecified atom stereocenters. The van der Waals surface area contributed by atoms with Gasteiger partial charge in [-0.05, 0) is 24.7 Å². The van der Waals surface area contributed by atoms with Gasteiger partial charge >= 0.3 is 35.5 Å². The summed E-state index contributed by atoms with van der Waals surface area (Å²) in [6.45, 7) is 2.27. The SMILES string of the molecule is CCCCCCC1CCC(CCCCCC(=O)O)C1.[NaH]. The Kier molecular flexibility index (Phi) is 13.5. The summed E-state index contributed by atoms with van der Waals surface area (Å²) in [5.41, 5.74) is 0. The minimum atomic E-state index is -0.645. The van der Waals surface area contributed by atoms with Crippen molar-refractivity contribution in [3.63, 3.8) is 0 Å². The van der Waals surface area contributed by atoms with E-state index in [9.17, 15) is 4.79 Å². The maximum atomic E-state index is 10.4. The van der Waals surface area contributed by atoms with Gasteiger partial charge in [0.2, 0.25) is 0 Å². The molecule has 1 aliphatic rings. The number of carbonyl (C=O) groups is 1. The van der Waals surface area contributed by atoms with Crippen molar-refractivity contribution in [2.45, 2.75) is 90.4 Å². The topological polar surface area (TPSA) is 37.3 Å². The standard InChI is InChI=1S/C17H32O2.Na.H/c1-2-3-4-6-9-15-12-13-16(14-15)10-7-5-8-11-17(18)19;;/h15-16H,2-14H2,1H3,(H,18,19);;. The molecule has 0 bridgehead atoms. The number of hydrogen-bond donors (Lipinski definition) is 1. The van der Waals surface area contributed by atoms with Crippen molar-refractivity contribution in [2.75, 3.05) is 0 Å². The van der Waals surface area contributed by atoms with E-state index in [0.717, 1.165) is 24.7 Å². The van der Waals surface area contributed by atoms with Gasteiger partial charge in [-0.15, -0.1) is 0 Å². The van der Waals surface area contributed by atoms with E-state index in [1.807, 2.05) is 0 Å². The number of carboxylic acid groups (broad SMARTS) is 1. The van der Waals surface area contributed by atoms with Gasteiger partial charge in [0.25, 0.3) is 0 Å². The molecule has 0 aromatic carbocycles. The second-order valence-electron chi connectivity index (χ2n) is 6.39. The molecule has 20 heavy (non-hydrogen) atoms. The quantitative estimate of drug-likeness (QED) is 0.440. The van der Waals surface area contributed by atoms with Gasteiger partial charge in [0.05, 0.1) is 0 Å². The predicted octanol–water partition coefficient (Wildman–Crippen LogP) is 4.76. The molecule has 0 spiro atoms. The molecule has 0 aliphatic heterocycles. The summed E-state index contributed by atoms with van der Waals surface area (Å²) in [4.78, 5) is 10.4. The van der Waals surface area contributed by atoms with Crippen LogP contribution in [0, 0.1) is 11.8 Å². The van der Waals surface area contributed by atoms with Gasteiger partial charge in [0.1, 0.15) is 0 Å². The van der Waals surface area contributed by atoms with Gasteiger partial charge in [0, 0.05) is 6.42 Å². The predicted molar refractivity (Wildman–Crippen MR) is 87.5 cm³/mol. The molecule has 0 aromatic heterocycles. The van der Waals surface area contributed by atoms with E-state index in [4.69, 9.17) is 5.11 Å². The van der Waals surface area contributed by atoms with Gasteiger partial charge in [0.15, 0.2) is 0 Å². The molecule has 2 atom stereocenters. The third kappa shape index (κ3) is 10.2. The first-order valence-corrected chi connectivity index (χ1v) is 8.44. The molecule has 1 rings (SSSR count). The first-order chi connectivity index (χ1) is 9.22. The molecule has 2 nitrogen and oxygen atoms in total. The van der Waals surface area contributed by atoms with E-state index in [1.54, 1.807) is 0 Å². The summed E-state index contributed by atoms with van der Waals surface area (Å²) in [5, 5.41) is 8.58. The van der Waals surface area contributed by atoms with E-state index < -0.39 is 5.97 Å². The fraction of sp³-hybridized carbons (Fsp3) is 0.941. The fourth-order valence-electron chi connectivity index (χ4n) is 3.45. The van der Waals surface area contributed by atoms with Crippen molar-refractivity contribution >= 4 is 35.5 Å². The third-order valence-electron chi connectivity index (χ3n) is 4.62. The second-order valence-corrected chi connectivity index (χ2v) is 6.39. The van der Waals surface area contributed by atoms with Gasteiger partial charge in [-0.2, -0.15) is 0 Å². The average Bonchev–Trinajstić information content (AvgIpc) is 2.82. The molecular weight excluding hydrogens is 259 g/mol. The van der Waals surface area contributed by atoms with Crippen LogP contribution in [-0.4, -0.2) is 40.6 Å². The zero-order chi connectivity index (χ0) is 13.9. The van der Waals surface area contributed by atoms with Crippen LogP contribution in [0.15, 0.2) is 0 Å². The normalized spacial score (nSPS) is 21.6. The van der Waals surface area contributed by atoms with E-state index in [1.165, 1.54) is 64.2 Å². The van der Waals surface area contributed by atoms with Crippen LogP contribution in [-0.2, 0) is 4.79 Å². The van der Waals surface area contributed by atoms with Crippen molar-refractivity contribution in [1.29, 1.82) is 0 Å². The molecule has 0 aromatic rings. The van der Waals surface area contributed by atoms with Crippen LogP contribution in [0.5, 0.6) is 0 Å². The van der Waals surface area contributed by atoms with Crippen LogP contribution in [0.4, 0.5) is 0 Å². The molecule has 1 saturated carbocycles. The first kappa shape index (κ1) is 20.5. The first-order valence-electron chi connectivity index (χ1n) is 8.44. The minimum absolute atomic E-state index is 0. The zero-order valence-electron chi connectivity index (χ0n) is 12.7. The summed E-state index contributed by atoms with van der Waals surface area (Å²) in [6.07, 6.45) is 16.3. The van der Waals surface area contributed by atoms with Crippen LogP contribution in [0.3, 0.4) is 0 Å². The fourth-order valence-corrected chi connectivity index (χ4v) is 3.45. The van der Waals surface area contributed by atoms with Crippen LogP contribution in [0.2, 0.25) is 0 Å². The van der Waals surface area contributed by atoms with Gasteiger partial charge in [-0.3, -0.25) is 4.79 Å². The van der Waals surface area contributed by atoms with Crippen molar-refractivity contribution < 1.29 is 9.90 Å². The van der Waals surface area contributed by atoms with Gasteiger partial charge < -0.3 is 5.11 Å². The molecular formula is C17H33NaO2. The molecule has 3 heteroatoms. The van der Waals surface area contributed by atoms with E-state index in [-0.39, 0.29) is 29.6 Å². The Hall–Kier alpha value is 0.470. The maximum absolute atomic E-state index is 10.4. The van der Waals surface area contributed by atoms with Crippen molar-refractivity contribution in [1.82, 2.24) is 0 Å². The van der Waals surface area contributed by atoms with Crippen LogP contribution in [0.25, 0.3) is 0 Å². The molecule has 1 aliphatic carbocycles. The summed E-state index contributed by atoms with van der Waals surface area (Å²) in [7, 11) is 0. The van der Waals surface area contributed by atoms with Crippen LogP contribution in [0.1, 0.15) is 90.4 Å². The zero-order valence-corrected chi connectivity index (χ0v) is 12.7. The summed E-state index contributed by atoms with van der Waals surface area (Å²) >= 11 is 0. The molecule has 114 valence electrons. The molecule has 0 heterocycles. The molecule has 1 fully saturated rings. The third-order valence-corrected chi connectivity index (χ3v) is 4.62. The summed E-state index contributed by atoms with van der Waals surface area (Å²) < 4.78 is 0. The number of carboxylic acids is 1. The number of rotatable bonds is 11. The Bertz CT molecular complexity index is 243. The Balaban J connectivity index is 0.00000361. The monoisotopic (exact) mass is 292 g/mol. The summed E-state index contributed by atoms with van der Waals surface area (Å²) in [5.74, 6) is 1.30. The Morgan fingerprint density at radius 2 is 1.50 bits per heavy atom. The molecule has 1 N–H and O–H groups in total. The van der Waals surface area contributed by atoms with Crippen molar-refractivity contribution in [3.05, 3.63) is 0 Å². The molecule has 0 amide bonds. The van der Waals surface area contributed by atoms with Gasteiger partial charge in [-0.25, -0.2) is 0 Å². The Labute approximate surface area is 147 Å². The number of aliphatic carboxylic acids is 1. The van der Waals surface area contributed by atoms with Gasteiger partial charge in [-0.1, -0.05) is 71.1 Å². The molecule has 0 saturated heterocycles.